The summed E-state index contributed by atoms with van der Waals surface area (Å²) >= 11 is 7.17. The Morgan fingerprint density at radius 3 is 2.52 bits per heavy atom. The normalized spacial score (nSPS) is 10.0. The average Bonchev–Trinajstić information content (AvgIpc) is 2.90. The highest BCUT2D eigenvalue weighted by atomic mass is 35.5. The van der Waals surface area contributed by atoms with E-state index in [0.717, 1.165) is 5.56 Å². The SMILES string of the molecule is COc1ccc(Cl)cc1C(=O)NNC(=O)c1sccc1C. The summed E-state index contributed by atoms with van der Waals surface area (Å²) in [6.45, 7) is 1.83. The summed E-state index contributed by atoms with van der Waals surface area (Å²) in [6, 6.07) is 6.51. The van der Waals surface area contributed by atoms with Crippen LogP contribution in [0.15, 0.2) is 29.6 Å². The number of hydrazine groups is 1. The number of aryl methyl sites for hydroxylation is 1. The van der Waals surface area contributed by atoms with Crippen LogP contribution in [-0.4, -0.2) is 18.9 Å². The van der Waals surface area contributed by atoms with Gasteiger partial charge in [0.2, 0.25) is 0 Å². The number of carbonyl (C=O) groups excluding carboxylic acids is 2. The van der Waals surface area contributed by atoms with Crippen molar-refractivity contribution in [2.75, 3.05) is 7.11 Å². The Hall–Kier alpha value is -2.05. The number of amides is 2. The number of ether oxygens (including phenoxy) is 1. The van der Waals surface area contributed by atoms with Crippen molar-refractivity contribution in [3.05, 3.63) is 50.7 Å². The standard InChI is InChI=1S/C14H13ClN2O3S/c1-8-5-6-21-12(8)14(19)17-16-13(18)10-7-9(15)3-4-11(10)20-2/h3-7H,1-2H3,(H,16,18)(H,17,19). The summed E-state index contributed by atoms with van der Waals surface area (Å²) in [5, 5.41) is 2.22. The molecule has 0 atom stereocenters. The summed E-state index contributed by atoms with van der Waals surface area (Å²) in [7, 11) is 1.45. The number of rotatable bonds is 3. The van der Waals surface area contributed by atoms with Crippen LogP contribution in [0.25, 0.3) is 0 Å². The first-order chi connectivity index (χ1) is 10.0. The molecule has 0 aliphatic heterocycles. The highest BCUT2D eigenvalue weighted by Gasteiger charge is 2.15. The maximum Gasteiger partial charge on any atom is 0.280 e. The monoisotopic (exact) mass is 324 g/mol. The summed E-state index contributed by atoms with van der Waals surface area (Å²) in [5.41, 5.74) is 5.81. The summed E-state index contributed by atoms with van der Waals surface area (Å²) < 4.78 is 5.09. The molecule has 2 N–H and O–H groups in total. The van der Waals surface area contributed by atoms with Gasteiger partial charge in [0.05, 0.1) is 17.6 Å². The smallest absolute Gasteiger partial charge is 0.280 e. The molecular formula is C14H13ClN2O3S. The molecule has 0 bridgehead atoms. The van der Waals surface area contributed by atoms with Crippen molar-refractivity contribution < 1.29 is 14.3 Å². The number of hydrogen-bond acceptors (Lipinski definition) is 4. The number of benzene rings is 1. The Labute approximate surface area is 130 Å². The summed E-state index contributed by atoms with van der Waals surface area (Å²) in [6.07, 6.45) is 0. The van der Waals surface area contributed by atoms with Gasteiger partial charge < -0.3 is 4.74 Å². The highest BCUT2D eigenvalue weighted by molar-refractivity contribution is 7.12. The van der Waals surface area contributed by atoms with Crippen LogP contribution >= 0.6 is 22.9 Å². The van der Waals surface area contributed by atoms with Crippen LogP contribution in [0.5, 0.6) is 5.75 Å². The summed E-state index contributed by atoms with van der Waals surface area (Å²) in [4.78, 5) is 24.5. The van der Waals surface area contributed by atoms with Gasteiger partial charge in [-0.2, -0.15) is 0 Å². The molecule has 2 aromatic rings. The molecule has 0 saturated heterocycles. The maximum atomic E-state index is 12.1. The number of thiophene rings is 1. The third-order valence-corrected chi connectivity index (χ3v) is 4.01. The topological polar surface area (TPSA) is 67.4 Å². The van der Waals surface area contributed by atoms with Gasteiger partial charge >= 0.3 is 0 Å². The van der Waals surface area contributed by atoms with E-state index in [1.807, 2.05) is 18.4 Å². The first-order valence-corrected chi connectivity index (χ1v) is 7.27. The highest BCUT2D eigenvalue weighted by Crippen LogP contribution is 2.22. The third-order valence-electron chi connectivity index (χ3n) is 2.76. The molecule has 2 rings (SSSR count). The second-order valence-corrected chi connectivity index (χ2v) is 5.54. The zero-order chi connectivity index (χ0) is 15.4. The number of methoxy groups -OCH3 is 1. The van der Waals surface area contributed by atoms with Crippen molar-refractivity contribution in [2.45, 2.75) is 6.92 Å². The molecule has 2 amide bonds. The average molecular weight is 325 g/mol. The Kier molecular flexibility index (Phi) is 4.82. The largest absolute Gasteiger partial charge is 0.496 e. The zero-order valence-corrected chi connectivity index (χ0v) is 13.0. The van der Waals surface area contributed by atoms with Gasteiger partial charge in [-0.05, 0) is 42.1 Å². The van der Waals surface area contributed by atoms with E-state index < -0.39 is 5.91 Å². The molecule has 0 saturated carbocycles. The number of hydrogen-bond donors (Lipinski definition) is 2. The van der Waals surface area contributed by atoms with Crippen LogP contribution in [0, 0.1) is 6.92 Å². The minimum atomic E-state index is -0.503. The molecule has 0 aliphatic rings. The van der Waals surface area contributed by atoms with Gasteiger partial charge in [0.25, 0.3) is 11.8 Å². The molecule has 5 nitrogen and oxygen atoms in total. The Bertz CT molecular complexity index is 685. The lowest BCUT2D eigenvalue weighted by Crippen LogP contribution is -2.41. The molecule has 1 aromatic heterocycles. The van der Waals surface area contributed by atoms with Gasteiger partial charge in [0, 0.05) is 5.02 Å². The second kappa shape index (κ2) is 6.60. The minimum Gasteiger partial charge on any atom is -0.496 e. The van der Waals surface area contributed by atoms with E-state index in [1.54, 1.807) is 12.1 Å². The van der Waals surface area contributed by atoms with Gasteiger partial charge in [0.1, 0.15) is 5.75 Å². The van der Waals surface area contributed by atoms with E-state index in [0.29, 0.717) is 15.6 Å². The second-order valence-electron chi connectivity index (χ2n) is 4.19. The van der Waals surface area contributed by atoms with Crippen molar-refractivity contribution in [2.24, 2.45) is 0 Å². The lowest BCUT2D eigenvalue weighted by molar-refractivity contribution is 0.0846. The molecule has 110 valence electrons. The molecule has 0 spiro atoms. The lowest BCUT2D eigenvalue weighted by Gasteiger charge is -2.10. The summed E-state index contributed by atoms with van der Waals surface area (Å²) in [5.74, 6) is -0.493. The van der Waals surface area contributed by atoms with Gasteiger partial charge in [0.15, 0.2) is 0 Å². The molecule has 1 heterocycles. The Morgan fingerprint density at radius 1 is 1.19 bits per heavy atom. The van der Waals surface area contributed by atoms with Crippen LogP contribution in [-0.2, 0) is 0 Å². The number of nitrogens with one attached hydrogen (secondary N) is 2. The Balaban J connectivity index is 2.07. The van der Waals surface area contributed by atoms with E-state index in [1.165, 1.54) is 24.5 Å². The third kappa shape index (κ3) is 3.53. The minimum absolute atomic E-state index is 0.244. The van der Waals surface area contributed by atoms with Crippen molar-refractivity contribution in [3.63, 3.8) is 0 Å². The van der Waals surface area contributed by atoms with Gasteiger partial charge in [-0.25, -0.2) is 0 Å². The van der Waals surface area contributed by atoms with Crippen LogP contribution in [0.2, 0.25) is 5.02 Å². The quantitative estimate of drug-likeness (QED) is 0.853. The lowest BCUT2D eigenvalue weighted by atomic mass is 10.2. The van der Waals surface area contributed by atoms with Crippen molar-refractivity contribution >= 4 is 34.8 Å². The fraction of sp³-hybridized carbons (Fsp3) is 0.143. The van der Waals surface area contributed by atoms with Crippen molar-refractivity contribution in [3.8, 4) is 5.75 Å². The first-order valence-electron chi connectivity index (χ1n) is 6.01. The van der Waals surface area contributed by atoms with Gasteiger partial charge in [-0.3, -0.25) is 20.4 Å². The molecule has 0 aliphatic carbocycles. The van der Waals surface area contributed by atoms with Crippen molar-refractivity contribution in [1.29, 1.82) is 0 Å². The molecule has 0 unspecified atom stereocenters. The van der Waals surface area contributed by atoms with Crippen molar-refractivity contribution in [1.82, 2.24) is 10.9 Å². The predicted octanol–water partition coefficient (Wildman–Crippen LogP) is 2.79. The fourth-order valence-electron chi connectivity index (χ4n) is 1.70. The molecule has 0 fully saturated rings. The van der Waals surface area contributed by atoms with Crippen LogP contribution in [0.1, 0.15) is 25.6 Å². The predicted molar refractivity (Wildman–Crippen MR) is 82.0 cm³/mol. The van der Waals surface area contributed by atoms with E-state index in [4.69, 9.17) is 16.3 Å². The van der Waals surface area contributed by atoms with Crippen LogP contribution in [0.4, 0.5) is 0 Å². The molecular weight excluding hydrogens is 312 g/mol. The Morgan fingerprint density at radius 2 is 1.90 bits per heavy atom. The molecule has 21 heavy (non-hydrogen) atoms. The van der Waals surface area contributed by atoms with E-state index >= 15 is 0 Å². The zero-order valence-electron chi connectivity index (χ0n) is 11.4. The van der Waals surface area contributed by atoms with Crippen LogP contribution in [0.3, 0.4) is 0 Å². The maximum absolute atomic E-state index is 12.1. The van der Waals surface area contributed by atoms with E-state index in [9.17, 15) is 9.59 Å². The molecule has 7 heteroatoms. The number of halogens is 1. The van der Waals surface area contributed by atoms with Gasteiger partial charge in [-0.15, -0.1) is 11.3 Å². The first kappa shape index (κ1) is 15.3. The fourth-order valence-corrected chi connectivity index (χ4v) is 2.69. The molecule has 0 radical (unpaired) electrons. The van der Waals surface area contributed by atoms with Crippen LogP contribution < -0.4 is 15.6 Å². The number of carbonyl (C=O) groups is 2. The molecule has 1 aromatic carbocycles. The van der Waals surface area contributed by atoms with E-state index in [-0.39, 0.29) is 11.5 Å². The van der Waals surface area contributed by atoms with Gasteiger partial charge in [-0.1, -0.05) is 11.6 Å². The van der Waals surface area contributed by atoms with E-state index in [2.05, 4.69) is 10.9 Å².